The smallest absolute Gasteiger partial charge is 0.147 e. The highest BCUT2D eigenvalue weighted by atomic mass is 16.3. The van der Waals surface area contributed by atoms with Crippen molar-refractivity contribution in [2.45, 2.75) is 44.7 Å². The van der Waals surface area contributed by atoms with E-state index in [-0.39, 0.29) is 29.2 Å². The highest BCUT2D eigenvalue weighted by Crippen LogP contribution is 2.33. The van der Waals surface area contributed by atoms with Gasteiger partial charge in [0.2, 0.25) is 0 Å². The minimum Gasteiger partial charge on any atom is -0.508 e. The van der Waals surface area contributed by atoms with Gasteiger partial charge >= 0.3 is 0 Å². The molecule has 4 nitrogen and oxygen atoms in total. The summed E-state index contributed by atoms with van der Waals surface area (Å²) < 4.78 is 0. The monoisotopic (exact) mass is 493 g/mol. The molecule has 4 aromatic carbocycles. The van der Waals surface area contributed by atoms with Crippen LogP contribution in [0.3, 0.4) is 0 Å². The molecule has 1 unspecified atom stereocenters. The molecular weight excluding hydrogens is 458 g/mol. The van der Waals surface area contributed by atoms with E-state index in [0.29, 0.717) is 19.5 Å². The van der Waals surface area contributed by atoms with Gasteiger partial charge in [0.1, 0.15) is 17.3 Å². The maximum absolute atomic E-state index is 13.1. The lowest BCUT2D eigenvalue weighted by Crippen LogP contribution is -2.38. The fraction of sp³-hybridized carbons (Fsp3) is 0.242. The highest BCUT2D eigenvalue weighted by molar-refractivity contribution is 5.80. The van der Waals surface area contributed by atoms with Gasteiger partial charge in [-0.2, -0.15) is 0 Å². The molecule has 0 radical (unpaired) electrons. The molecule has 0 saturated heterocycles. The molecule has 2 N–H and O–H groups in total. The standard InChI is InChI=1S/C33H35NO3/c1-25(22-33(28-13-18-30(35)19-14-28)29-15-20-31(36)21-16-29)34(23-27-10-6-3-7-11-27)24-32(37)17-12-26-8-4-2-5-9-26/h2-11,13-16,18-21,25,33,35-36H,12,17,22-24H2,1H3. The highest BCUT2D eigenvalue weighted by Gasteiger charge is 2.24. The van der Waals surface area contributed by atoms with Crippen molar-refractivity contribution in [2.24, 2.45) is 0 Å². The molecule has 190 valence electrons. The molecule has 4 heteroatoms. The number of nitrogens with zero attached hydrogens (tertiary/aromatic N) is 1. The van der Waals surface area contributed by atoms with E-state index in [4.69, 9.17) is 0 Å². The van der Waals surface area contributed by atoms with Crippen molar-refractivity contribution in [1.82, 2.24) is 4.90 Å². The number of carbonyl (C=O) groups excluding carboxylic acids is 1. The quantitative estimate of drug-likeness (QED) is 0.230. The van der Waals surface area contributed by atoms with E-state index in [9.17, 15) is 15.0 Å². The number of phenols is 2. The van der Waals surface area contributed by atoms with Crippen molar-refractivity contribution in [2.75, 3.05) is 6.54 Å². The average Bonchev–Trinajstić information content (AvgIpc) is 2.92. The third-order valence-corrected chi connectivity index (χ3v) is 6.93. The molecule has 0 aliphatic rings. The van der Waals surface area contributed by atoms with Crippen molar-refractivity contribution >= 4 is 5.78 Å². The maximum Gasteiger partial charge on any atom is 0.147 e. The Labute approximate surface area is 219 Å². The summed E-state index contributed by atoms with van der Waals surface area (Å²) in [6.45, 7) is 3.26. The molecule has 0 aliphatic carbocycles. The van der Waals surface area contributed by atoms with Gasteiger partial charge in [0.15, 0.2) is 0 Å². The van der Waals surface area contributed by atoms with Gasteiger partial charge in [-0.25, -0.2) is 0 Å². The molecule has 4 aromatic rings. The van der Waals surface area contributed by atoms with Crippen molar-refractivity contribution in [1.29, 1.82) is 0 Å². The van der Waals surface area contributed by atoms with Gasteiger partial charge in [-0.15, -0.1) is 0 Å². The van der Waals surface area contributed by atoms with Crippen LogP contribution in [-0.2, 0) is 17.8 Å². The van der Waals surface area contributed by atoms with E-state index in [0.717, 1.165) is 24.0 Å². The fourth-order valence-electron chi connectivity index (χ4n) is 4.79. The molecule has 0 bridgehead atoms. The molecule has 0 amide bonds. The normalized spacial score (nSPS) is 12.1. The predicted octanol–water partition coefficient (Wildman–Crippen LogP) is 6.71. The summed E-state index contributed by atoms with van der Waals surface area (Å²) in [7, 11) is 0. The third kappa shape index (κ3) is 7.80. The Morgan fingerprint density at radius 1 is 0.703 bits per heavy atom. The zero-order valence-corrected chi connectivity index (χ0v) is 21.3. The molecule has 4 rings (SSSR count). The zero-order chi connectivity index (χ0) is 26.0. The Morgan fingerprint density at radius 2 is 1.19 bits per heavy atom. The number of hydrogen-bond donors (Lipinski definition) is 2. The number of benzene rings is 4. The van der Waals surface area contributed by atoms with Crippen LogP contribution in [0.4, 0.5) is 0 Å². The number of rotatable bonds is 12. The SMILES string of the molecule is CC(CC(c1ccc(O)cc1)c1ccc(O)cc1)N(CC(=O)CCc1ccccc1)Cc1ccccc1. The summed E-state index contributed by atoms with van der Waals surface area (Å²) in [6, 6.07) is 35.2. The topological polar surface area (TPSA) is 60.8 Å². The molecule has 0 fully saturated rings. The maximum atomic E-state index is 13.1. The predicted molar refractivity (Wildman–Crippen MR) is 149 cm³/mol. The van der Waals surface area contributed by atoms with Crippen LogP contribution < -0.4 is 0 Å². The number of Topliss-reactive ketones (excluding diaryl/α,β-unsaturated/α-hetero) is 1. The molecule has 0 spiro atoms. The largest absolute Gasteiger partial charge is 0.508 e. The van der Waals surface area contributed by atoms with Gasteiger partial charge in [-0.05, 0) is 66.3 Å². The minimum absolute atomic E-state index is 0.0499. The lowest BCUT2D eigenvalue weighted by Gasteiger charge is -2.32. The van der Waals surface area contributed by atoms with Gasteiger partial charge in [0.05, 0.1) is 6.54 Å². The second kappa shape index (κ2) is 12.9. The molecule has 37 heavy (non-hydrogen) atoms. The van der Waals surface area contributed by atoms with Crippen molar-refractivity contribution in [3.05, 3.63) is 131 Å². The molecule has 0 aromatic heterocycles. The third-order valence-electron chi connectivity index (χ3n) is 6.93. The van der Waals surface area contributed by atoms with Crippen molar-refractivity contribution in [3.63, 3.8) is 0 Å². The van der Waals surface area contributed by atoms with Crippen LogP contribution in [0.1, 0.15) is 47.9 Å². The molecule has 0 aliphatic heterocycles. The number of ketones is 1. The van der Waals surface area contributed by atoms with E-state index in [2.05, 4.69) is 36.1 Å². The Bertz CT molecular complexity index is 1190. The summed E-state index contributed by atoms with van der Waals surface area (Å²) in [6.07, 6.45) is 2.05. The van der Waals surface area contributed by atoms with Crippen LogP contribution in [0.25, 0.3) is 0 Å². The van der Waals surface area contributed by atoms with E-state index in [1.54, 1.807) is 24.3 Å². The summed E-state index contributed by atoms with van der Waals surface area (Å²) in [5.41, 5.74) is 4.53. The lowest BCUT2D eigenvalue weighted by atomic mass is 9.85. The number of phenolic OH excluding ortho intramolecular Hbond substituents is 2. The average molecular weight is 494 g/mol. The number of aryl methyl sites for hydroxylation is 1. The summed E-state index contributed by atoms with van der Waals surface area (Å²) in [5.74, 6) is 0.748. The molecule has 0 saturated carbocycles. The van der Waals surface area contributed by atoms with E-state index >= 15 is 0 Å². The van der Waals surface area contributed by atoms with Crippen LogP contribution in [0, 0.1) is 0 Å². The van der Waals surface area contributed by atoms with Gasteiger partial charge in [0.25, 0.3) is 0 Å². The summed E-state index contributed by atoms with van der Waals surface area (Å²) in [5, 5.41) is 19.7. The van der Waals surface area contributed by atoms with Crippen LogP contribution in [-0.4, -0.2) is 33.5 Å². The second-order valence-corrected chi connectivity index (χ2v) is 9.74. The Kier molecular flexibility index (Phi) is 9.12. The van der Waals surface area contributed by atoms with Crippen LogP contribution >= 0.6 is 0 Å². The molecular formula is C33H35NO3. The van der Waals surface area contributed by atoms with Crippen molar-refractivity contribution < 1.29 is 15.0 Å². The number of hydrogen-bond acceptors (Lipinski definition) is 4. The van der Waals surface area contributed by atoms with E-state index in [1.807, 2.05) is 60.7 Å². The van der Waals surface area contributed by atoms with E-state index < -0.39 is 0 Å². The van der Waals surface area contributed by atoms with Crippen LogP contribution in [0.15, 0.2) is 109 Å². The molecule has 0 heterocycles. The molecule has 1 atom stereocenters. The van der Waals surface area contributed by atoms with Crippen LogP contribution in [0.2, 0.25) is 0 Å². The lowest BCUT2D eigenvalue weighted by molar-refractivity contribution is -0.120. The van der Waals surface area contributed by atoms with Gasteiger partial charge in [0, 0.05) is 24.9 Å². The van der Waals surface area contributed by atoms with Crippen molar-refractivity contribution in [3.8, 4) is 11.5 Å². The van der Waals surface area contributed by atoms with Gasteiger partial charge in [-0.3, -0.25) is 9.69 Å². The minimum atomic E-state index is 0.0499. The first-order valence-electron chi connectivity index (χ1n) is 12.9. The first-order chi connectivity index (χ1) is 18.0. The van der Waals surface area contributed by atoms with Gasteiger partial charge < -0.3 is 10.2 Å². The van der Waals surface area contributed by atoms with E-state index in [1.165, 1.54) is 11.1 Å². The Hall–Kier alpha value is -3.89. The first kappa shape index (κ1) is 26.2. The fourth-order valence-corrected chi connectivity index (χ4v) is 4.79. The Balaban J connectivity index is 1.54. The number of aromatic hydroxyl groups is 2. The summed E-state index contributed by atoms with van der Waals surface area (Å²) in [4.78, 5) is 15.4. The zero-order valence-electron chi connectivity index (χ0n) is 21.3. The second-order valence-electron chi connectivity index (χ2n) is 9.74. The van der Waals surface area contributed by atoms with Crippen LogP contribution in [0.5, 0.6) is 11.5 Å². The number of carbonyl (C=O) groups is 1. The Morgan fingerprint density at radius 3 is 1.70 bits per heavy atom. The summed E-state index contributed by atoms with van der Waals surface area (Å²) >= 11 is 0. The van der Waals surface area contributed by atoms with Gasteiger partial charge in [-0.1, -0.05) is 84.9 Å². The first-order valence-corrected chi connectivity index (χ1v) is 12.9.